The van der Waals surface area contributed by atoms with Crippen molar-refractivity contribution >= 4 is 13.7 Å². The van der Waals surface area contributed by atoms with Crippen molar-refractivity contribution in [3.05, 3.63) is 109 Å². The molecule has 0 saturated carbocycles. The summed E-state index contributed by atoms with van der Waals surface area (Å²) in [5, 5.41) is 13.8. The molecule has 0 spiro atoms. The summed E-state index contributed by atoms with van der Waals surface area (Å²) in [6.07, 6.45) is 67.2. The van der Waals surface area contributed by atoms with Gasteiger partial charge < -0.3 is 28.8 Å². The van der Waals surface area contributed by atoms with Crippen molar-refractivity contribution in [1.29, 1.82) is 0 Å². The van der Waals surface area contributed by atoms with Crippen molar-refractivity contribution in [1.82, 2.24) is 5.32 Å². The van der Waals surface area contributed by atoms with Crippen LogP contribution in [0.3, 0.4) is 0 Å². The fourth-order valence-electron chi connectivity index (χ4n) is 6.66. The van der Waals surface area contributed by atoms with Gasteiger partial charge in [0.2, 0.25) is 5.91 Å². The molecular formula is C56H97N2O6P. The minimum Gasteiger partial charge on any atom is -0.756 e. The number of phosphoric ester groups is 1. The van der Waals surface area contributed by atoms with Gasteiger partial charge in [0.25, 0.3) is 7.82 Å². The molecule has 0 heterocycles. The first kappa shape index (κ1) is 62.2. The van der Waals surface area contributed by atoms with Crippen LogP contribution in [0.15, 0.2) is 109 Å². The zero-order chi connectivity index (χ0) is 47.8. The number of hydrogen-bond donors (Lipinski definition) is 2. The molecule has 3 atom stereocenters. The largest absolute Gasteiger partial charge is 0.756 e. The Labute approximate surface area is 400 Å². The van der Waals surface area contributed by atoms with E-state index in [0.717, 1.165) is 96.3 Å². The quantitative estimate of drug-likeness (QED) is 0.0273. The summed E-state index contributed by atoms with van der Waals surface area (Å²) in [4.78, 5) is 25.4. The molecule has 0 aliphatic carbocycles. The highest BCUT2D eigenvalue weighted by Gasteiger charge is 2.23. The number of carbonyl (C=O) groups excluding carboxylic acids is 1. The molecule has 0 aromatic carbocycles. The predicted molar refractivity (Wildman–Crippen MR) is 279 cm³/mol. The molecule has 0 bridgehead atoms. The van der Waals surface area contributed by atoms with Crippen LogP contribution >= 0.6 is 7.82 Å². The lowest BCUT2D eigenvalue weighted by molar-refractivity contribution is -0.870. The molecule has 0 rings (SSSR count). The highest BCUT2D eigenvalue weighted by atomic mass is 31.2. The second-order valence-electron chi connectivity index (χ2n) is 18.1. The molecule has 1 amide bonds. The highest BCUT2D eigenvalue weighted by Crippen LogP contribution is 2.38. The number of carbonyl (C=O) groups is 1. The number of phosphoric acid groups is 1. The molecule has 3 unspecified atom stereocenters. The van der Waals surface area contributed by atoms with Crippen molar-refractivity contribution < 1.29 is 32.9 Å². The Kier molecular flexibility index (Phi) is 44.3. The van der Waals surface area contributed by atoms with Gasteiger partial charge in [-0.1, -0.05) is 194 Å². The van der Waals surface area contributed by atoms with Crippen molar-refractivity contribution in [3.63, 3.8) is 0 Å². The summed E-state index contributed by atoms with van der Waals surface area (Å²) in [6, 6.07) is -0.919. The third-order valence-corrected chi connectivity index (χ3v) is 11.7. The molecule has 0 aromatic rings. The first-order valence-electron chi connectivity index (χ1n) is 25.7. The lowest BCUT2D eigenvalue weighted by atomic mass is 10.0. The summed E-state index contributed by atoms with van der Waals surface area (Å²) >= 11 is 0. The van der Waals surface area contributed by atoms with Crippen LogP contribution in [-0.4, -0.2) is 68.5 Å². The highest BCUT2D eigenvalue weighted by molar-refractivity contribution is 7.45. The molecule has 2 N–H and O–H groups in total. The Hall–Kier alpha value is -2.84. The molecule has 372 valence electrons. The number of aliphatic hydroxyl groups is 1. The van der Waals surface area contributed by atoms with Crippen LogP contribution in [0.4, 0.5) is 0 Å². The topological polar surface area (TPSA) is 108 Å². The van der Waals surface area contributed by atoms with E-state index in [9.17, 15) is 19.4 Å². The molecule has 0 aliphatic heterocycles. The Morgan fingerprint density at radius 3 is 1.43 bits per heavy atom. The predicted octanol–water partition coefficient (Wildman–Crippen LogP) is 14.6. The van der Waals surface area contributed by atoms with Gasteiger partial charge in [0.05, 0.1) is 39.9 Å². The van der Waals surface area contributed by atoms with Gasteiger partial charge in [-0.25, -0.2) is 0 Å². The Morgan fingerprint density at radius 2 is 0.954 bits per heavy atom. The number of rotatable bonds is 45. The number of amides is 1. The number of quaternary nitrogens is 1. The van der Waals surface area contributed by atoms with Gasteiger partial charge in [-0.15, -0.1) is 0 Å². The normalized spacial score (nSPS) is 15.0. The maximum Gasteiger partial charge on any atom is 0.268 e. The molecule has 0 fully saturated rings. The smallest absolute Gasteiger partial charge is 0.268 e. The van der Waals surface area contributed by atoms with Crippen LogP contribution in [0.25, 0.3) is 0 Å². The van der Waals surface area contributed by atoms with Gasteiger partial charge in [-0.05, 0) is 96.3 Å². The fourth-order valence-corrected chi connectivity index (χ4v) is 7.38. The van der Waals surface area contributed by atoms with Crippen molar-refractivity contribution in [3.8, 4) is 0 Å². The summed E-state index contributed by atoms with van der Waals surface area (Å²) in [5.41, 5.74) is 0. The van der Waals surface area contributed by atoms with E-state index in [1.807, 2.05) is 27.2 Å². The van der Waals surface area contributed by atoms with E-state index < -0.39 is 26.6 Å². The van der Waals surface area contributed by atoms with E-state index in [2.05, 4.69) is 116 Å². The first-order chi connectivity index (χ1) is 31.5. The fraction of sp³-hybridized carbons (Fsp3) is 0.661. The number of nitrogens with zero attached hydrogens (tertiary/aromatic N) is 1. The van der Waals surface area contributed by atoms with Gasteiger partial charge >= 0.3 is 0 Å². The van der Waals surface area contributed by atoms with Gasteiger partial charge in [0.1, 0.15) is 13.2 Å². The second-order valence-corrected chi connectivity index (χ2v) is 19.5. The van der Waals surface area contributed by atoms with E-state index in [-0.39, 0.29) is 12.5 Å². The zero-order valence-electron chi connectivity index (χ0n) is 42.1. The van der Waals surface area contributed by atoms with Crippen LogP contribution in [0.1, 0.15) is 187 Å². The lowest BCUT2D eigenvalue weighted by Gasteiger charge is -2.29. The molecular weight excluding hydrogens is 828 g/mol. The van der Waals surface area contributed by atoms with Crippen molar-refractivity contribution in [2.75, 3.05) is 40.9 Å². The van der Waals surface area contributed by atoms with E-state index in [1.54, 1.807) is 6.08 Å². The number of allylic oxidation sites excluding steroid dienone is 17. The lowest BCUT2D eigenvalue weighted by Crippen LogP contribution is -2.45. The molecule has 0 radical (unpaired) electrons. The third-order valence-electron chi connectivity index (χ3n) is 10.7. The van der Waals surface area contributed by atoms with Gasteiger partial charge in [-0.2, -0.15) is 0 Å². The SMILES string of the molecule is CC/C=C\C/C=C\C/C=C\C/C=C\C/C=C\C/C=C\CCCCCCCCCCCCC(=O)NC(COP(=O)([O-])OCC[N+](C)(C)C)C(O)/C=C/CC/C=C/CC/C=C/CCCCCC. The number of hydrogen-bond acceptors (Lipinski definition) is 6. The third kappa shape index (κ3) is 48.9. The minimum absolute atomic E-state index is 0.0155. The van der Waals surface area contributed by atoms with E-state index in [1.165, 1.54) is 70.6 Å². The van der Waals surface area contributed by atoms with Gasteiger partial charge in [0, 0.05) is 6.42 Å². The number of likely N-dealkylation sites (N-methyl/N-ethyl adjacent to an activating group) is 1. The maximum atomic E-state index is 12.9. The number of unbranched alkanes of at least 4 members (excludes halogenated alkanes) is 16. The molecule has 8 nitrogen and oxygen atoms in total. The Balaban J connectivity index is 4.28. The standard InChI is InChI=1S/C56H97N2O6P/c1-6-8-10-12-14-16-18-20-22-23-24-25-26-27-28-29-30-31-32-33-34-35-36-38-40-42-44-46-48-50-56(60)57-54(53-64-65(61,62)63-52-51-58(3,4)5)55(59)49-47-45-43-41-39-37-21-19-17-15-13-11-9-7-2/h8,10,14,16-17,19-20,22,24-25,27-28,30-31,39,41,47,49,54-55,59H,6-7,9,11-13,15,18,21,23,26,29,32-38,40,42-46,48,50-53H2,1-5H3,(H-,57,60,61,62)/b10-8-,16-14-,19-17+,22-20-,25-24-,28-27-,31-30-,41-39+,49-47+. The van der Waals surface area contributed by atoms with Gasteiger partial charge in [-0.3, -0.25) is 9.36 Å². The number of nitrogens with one attached hydrogen (secondary N) is 1. The molecule has 9 heteroatoms. The summed E-state index contributed by atoms with van der Waals surface area (Å²) in [5.74, 6) is -0.223. The summed E-state index contributed by atoms with van der Waals surface area (Å²) in [6.45, 7) is 4.45. The van der Waals surface area contributed by atoms with Gasteiger partial charge in [0.15, 0.2) is 0 Å². The molecule has 0 saturated heterocycles. The van der Waals surface area contributed by atoms with Crippen LogP contribution in [0.5, 0.6) is 0 Å². The molecule has 65 heavy (non-hydrogen) atoms. The minimum atomic E-state index is -4.61. The summed E-state index contributed by atoms with van der Waals surface area (Å²) < 4.78 is 23.2. The van der Waals surface area contributed by atoms with E-state index >= 15 is 0 Å². The van der Waals surface area contributed by atoms with Crippen molar-refractivity contribution in [2.24, 2.45) is 0 Å². The van der Waals surface area contributed by atoms with Crippen LogP contribution in [0.2, 0.25) is 0 Å². The van der Waals surface area contributed by atoms with Crippen LogP contribution in [0, 0.1) is 0 Å². The van der Waals surface area contributed by atoms with Crippen LogP contribution < -0.4 is 10.2 Å². The van der Waals surface area contributed by atoms with E-state index in [4.69, 9.17) is 9.05 Å². The second kappa shape index (κ2) is 46.3. The average Bonchev–Trinajstić information content (AvgIpc) is 3.26. The van der Waals surface area contributed by atoms with E-state index in [0.29, 0.717) is 17.4 Å². The molecule has 0 aromatic heterocycles. The zero-order valence-corrected chi connectivity index (χ0v) is 43.0. The first-order valence-corrected chi connectivity index (χ1v) is 27.2. The van der Waals surface area contributed by atoms with Crippen molar-refractivity contribution in [2.45, 2.75) is 199 Å². The Bertz CT molecular complexity index is 1420. The summed E-state index contributed by atoms with van der Waals surface area (Å²) in [7, 11) is 1.21. The average molecular weight is 925 g/mol. The number of aliphatic hydroxyl groups excluding tert-OH is 1. The van der Waals surface area contributed by atoms with Crippen LogP contribution in [-0.2, 0) is 18.4 Å². The Morgan fingerprint density at radius 1 is 0.554 bits per heavy atom. The molecule has 0 aliphatic rings. The monoisotopic (exact) mass is 925 g/mol. The maximum absolute atomic E-state index is 12.9.